The molecule has 0 amide bonds. The molecule has 0 aliphatic carbocycles. The van der Waals surface area contributed by atoms with E-state index in [0.29, 0.717) is 4.47 Å². The number of phenols is 1. The van der Waals surface area contributed by atoms with Crippen molar-refractivity contribution in [3.05, 3.63) is 39.4 Å². The molecule has 1 aromatic heterocycles. The fourth-order valence-electron chi connectivity index (χ4n) is 1.27. The molecule has 0 fully saturated rings. The van der Waals surface area contributed by atoms with Crippen molar-refractivity contribution in [2.24, 2.45) is 0 Å². The smallest absolute Gasteiger partial charge is 0.139 e. The number of aromatic hydroxyl groups is 1. The Kier molecular flexibility index (Phi) is 2.65. The van der Waals surface area contributed by atoms with E-state index in [1.165, 1.54) is 0 Å². The first-order chi connectivity index (χ1) is 6.68. The van der Waals surface area contributed by atoms with Gasteiger partial charge < -0.3 is 10.1 Å². The second-order valence-corrected chi connectivity index (χ2v) is 4.64. The van der Waals surface area contributed by atoms with Crippen molar-refractivity contribution in [3.63, 3.8) is 0 Å². The van der Waals surface area contributed by atoms with Crippen LogP contribution in [0.4, 0.5) is 0 Å². The van der Waals surface area contributed by atoms with E-state index in [2.05, 4.69) is 36.8 Å². The van der Waals surface area contributed by atoms with E-state index in [1.807, 2.05) is 30.5 Å². The summed E-state index contributed by atoms with van der Waals surface area (Å²) in [6, 6.07) is 7.48. The molecular weight excluding hydrogens is 310 g/mol. The van der Waals surface area contributed by atoms with Gasteiger partial charge in [0.15, 0.2) is 0 Å². The molecule has 2 nitrogen and oxygen atoms in total. The Bertz CT molecular complexity index is 451. The number of benzene rings is 1. The van der Waals surface area contributed by atoms with Gasteiger partial charge in [0.2, 0.25) is 0 Å². The highest BCUT2D eigenvalue weighted by molar-refractivity contribution is 9.11. The molecule has 2 rings (SSSR count). The maximum absolute atomic E-state index is 9.81. The fraction of sp³-hybridized carbons (Fsp3) is 0. The van der Waals surface area contributed by atoms with E-state index >= 15 is 0 Å². The van der Waals surface area contributed by atoms with Crippen LogP contribution < -0.4 is 0 Å². The van der Waals surface area contributed by atoms with Crippen molar-refractivity contribution in [1.82, 2.24) is 4.98 Å². The molecule has 72 valence electrons. The second kappa shape index (κ2) is 3.79. The molecular formula is C10H7Br2NO. The molecule has 0 unspecified atom stereocenters. The molecule has 1 aromatic carbocycles. The van der Waals surface area contributed by atoms with Crippen LogP contribution in [-0.4, -0.2) is 10.1 Å². The van der Waals surface area contributed by atoms with Crippen LogP contribution in [0, 0.1) is 0 Å². The average Bonchev–Trinajstić information content (AvgIpc) is 2.63. The summed E-state index contributed by atoms with van der Waals surface area (Å²) in [7, 11) is 0. The van der Waals surface area contributed by atoms with Crippen molar-refractivity contribution >= 4 is 31.9 Å². The number of rotatable bonds is 1. The van der Waals surface area contributed by atoms with Crippen LogP contribution in [0.15, 0.2) is 39.4 Å². The average molecular weight is 317 g/mol. The molecule has 4 heteroatoms. The van der Waals surface area contributed by atoms with Gasteiger partial charge >= 0.3 is 0 Å². The maximum Gasteiger partial charge on any atom is 0.139 e. The van der Waals surface area contributed by atoms with Crippen LogP contribution in [0.5, 0.6) is 5.75 Å². The van der Waals surface area contributed by atoms with Crippen molar-refractivity contribution in [1.29, 1.82) is 0 Å². The molecule has 2 N–H and O–H groups in total. The Morgan fingerprint density at radius 2 is 2.00 bits per heavy atom. The third-order valence-electron chi connectivity index (χ3n) is 1.92. The fourth-order valence-corrected chi connectivity index (χ4v) is 2.49. The lowest BCUT2D eigenvalue weighted by atomic mass is 10.1. The summed E-state index contributed by atoms with van der Waals surface area (Å²) in [6.07, 6.45) is 1.82. The van der Waals surface area contributed by atoms with E-state index < -0.39 is 0 Å². The molecule has 0 saturated heterocycles. The molecule has 2 aromatic rings. The highest BCUT2D eigenvalue weighted by Gasteiger charge is 2.09. The summed E-state index contributed by atoms with van der Waals surface area (Å²) in [5.41, 5.74) is 1.67. The Hall–Kier alpha value is -0.740. The summed E-state index contributed by atoms with van der Waals surface area (Å²) in [5.74, 6) is 0.246. The number of aromatic amines is 1. The number of aromatic nitrogens is 1. The van der Waals surface area contributed by atoms with Crippen LogP contribution >= 0.6 is 31.9 Å². The standard InChI is InChI=1S/C10H7Br2NO/c11-6-4-7(9-2-1-3-13-9)10(14)8(12)5-6/h1-5,13-14H. The highest BCUT2D eigenvalue weighted by Crippen LogP contribution is 2.37. The van der Waals surface area contributed by atoms with Gasteiger partial charge in [0.25, 0.3) is 0 Å². The van der Waals surface area contributed by atoms with Gasteiger partial charge in [0, 0.05) is 21.9 Å². The van der Waals surface area contributed by atoms with E-state index in [0.717, 1.165) is 15.7 Å². The van der Waals surface area contributed by atoms with Crippen molar-refractivity contribution in [2.75, 3.05) is 0 Å². The molecule has 0 atom stereocenters. The normalized spacial score (nSPS) is 10.4. The number of nitrogens with one attached hydrogen (secondary N) is 1. The number of phenolic OH excluding ortho intramolecular Hbond substituents is 1. The zero-order valence-corrected chi connectivity index (χ0v) is 10.3. The second-order valence-electron chi connectivity index (χ2n) is 2.87. The van der Waals surface area contributed by atoms with E-state index in [-0.39, 0.29) is 5.75 Å². The zero-order valence-electron chi connectivity index (χ0n) is 7.09. The predicted octanol–water partition coefficient (Wildman–Crippen LogP) is 3.91. The first-order valence-electron chi connectivity index (χ1n) is 4.00. The van der Waals surface area contributed by atoms with Gasteiger partial charge in [0.1, 0.15) is 5.75 Å². The van der Waals surface area contributed by atoms with Crippen LogP contribution in [-0.2, 0) is 0 Å². The molecule has 0 aliphatic heterocycles. The number of H-pyrrole nitrogens is 1. The number of halogens is 2. The van der Waals surface area contributed by atoms with Gasteiger partial charge in [-0.1, -0.05) is 15.9 Å². The molecule has 0 saturated carbocycles. The number of hydrogen-bond donors (Lipinski definition) is 2. The lowest BCUT2D eigenvalue weighted by Crippen LogP contribution is -1.80. The molecule has 0 radical (unpaired) electrons. The Morgan fingerprint density at radius 3 is 2.64 bits per heavy atom. The minimum absolute atomic E-state index is 0.246. The zero-order chi connectivity index (χ0) is 10.1. The highest BCUT2D eigenvalue weighted by atomic mass is 79.9. The van der Waals surface area contributed by atoms with Gasteiger partial charge in [-0.2, -0.15) is 0 Å². The summed E-state index contributed by atoms with van der Waals surface area (Å²) in [5, 5.41) is 9.81. The minimum atomic E-state index is 0.246. The lowest BCUT2D eigenvalue weighted by molar-refractivity contribution is 0.473. The summed E-state index contributed by atoms with van der Waals surface area (Å²) < 4.78 is 1.60. The van der Waals surface area contributed by atoms with E-state index in [4.69, 9.17) is 0 Å². The molecule has 0 spiro atoms. The third-order valence-corrected chi connectivity index (χ3v) is 2.98. The first-order valence-corrected chi connectivity index (χ1v) is 5.59. The van der Waals surface area contributed by atoms with Crippen LogP contribution in [0.25, 0.3) is 11.3 Å². The van der Waals surface area contributed by atoms with E-state index in [1.54, 1.807) is 0 Å². The summed E-state index contributed by atoms with van der Waals surface area (Å²) >= 11 is 6.67. The van der Waals surface area contributed by atoms with Crippen molar-refractivity contribution in [3.8, 4) is 17.0 Å². The Labute approximate surface area is 98.2 Å². The lowest BCUT2D eigenvalue weighted by Gasteiger charge is -2.05. The van der Waals surface area contributed by atoms with Gasteiger partial charge in [-0.05, 0) is 40.2 Å². The molecule has 1 heterocycles. The molecule has 0 aliphatic rings. The van der Waals surface area contributed by atoms with Gasteiger partial charge in [-0.25, -0.2) is 0 Å². The predicted molar refractivity (Wildman–Crippen MR) is 63.3 cm³/mol. The Balaban J connectivity index is 2.64. The minimum Gasteiger partial charge on any atom is -0.506 e. The van der Waals surface area contributed by atoms with Crippen LogP contribution in [0.1, 0.15) is 0 Å². The largest absolute Gasteiger partial charge is 0.506 e. The first kappa shape index (κ1) is 9.80. The van der Waals surface area contributed by atoms with Crippen LogP contribution in [0.2, 0.25) is 0 Å². The third kappa shape index (κ3) is 1.72. The SMILES string of the molecule is Oc1c(Br)cc(Br)cc1-c1ccc[nH]1. The maximum atomic E-state index is 9.81. The van der Waals surface area contributed by atoms with Gasteiger partial charge in [0.05, 0.1) is 4.47 Å². The topological polar surface area (TPSA) is 36.0 Å². The van der Waals surface area contributed by atoms with Crippen molar-refractivity contribution in [2.45, 2.75) is 0 Å². The van der Waals surface area contributed by atoms with Crippen LogP contribution in [0.3, 0.4) is 0 Å². The number of hydrogen-bond acceptors (Lipinski definition) is 1. The summed E-state index contributed by atoms with van der Waals surface area (Å²) in [6.45, 7) is 0. The summed E-state index contributed by atoms with van der Waals surface area (Å²) in [4.78, 5) is 3.05. The van der Waals surface area contributed by atoms with E-state index in [9.17, 15) is 5.11 Å². The van der Waals surface area contributed by atoms with Crippen molar-refractivity contribution < 1.29 is 5.11 Å². The molecule has 0 bridgehead atoms. The Morgan fingerprint density at radius 1 is 1.21 bits per heavy atom. The van der Waals surface area contributed by atoms with Gasteiger partial charge in [-0.3, -0.25) is 0 Å². The quantitative estimate of drug-likeness (QED) is 0.822. The molecule has 14 heavy (non-hydrogen) atoms. The van der Waals surface area contributed by atoms with Gasteiger partial charge in [-0.15, -0.1) is 0 Å². The monoisotopic (exact) mass is 315 g/mol.